The van der Waals surface area contributed by atoms with Gasteiger partial charge in [0.25, 0.3) is 5.91 Å². The van der Waals surface area contributed by atoms with Crippen molar-refractivity contribution in [2.45, 2.75) is 12.5 Å². The van der Waals surface area contributed by atoms with Crippen LogP contribution in [0.15, 0.2) is 47.2 Å². The van der Waals surface area contributed by atoms with Crippen molar-refractivity contribution in [1.29, 1.82) is 0 Å². The van der Waals surface area contributed by atoms with E-state index in [4.69, 9.17) is 4.74 Å². The zero-order chi connectivity index (χ0) is 19.8. The zero-order valence-corrected chi connectivity index (χ0v) is 17.5. The highest BCUT2D eigenvalue weighted by molar-refractivity contribution is 9.10. The lowest BCUT2D eigenvalue weighted by Gasteiger charge is -2.31. The monoisotopic (exact) mass is 455 g/mol. The van der Waals surface area contributed by atoms with Gasteiger partial charge in [-0.2, -0.15) is 5.10 Å². The number of amides is 1. The second-order valence-electron chi connectivity index (χ2n) is 7.42. The van der Waals surface area contributed by atoms with Crippen molar-refractivity contribution in [2.24, 2.45) is 0 Å². The fraction of sp³-hybridized carbons (Fsp3) is 0.333. The van der Waals surface area contributed by atoms with Crippen molar-refractivity contribution in [3.8, 4) is 5.75 Å². The maximum Gasteiger partial charge on any atom is 0.255 e. The Morgan fingerprint density at radius 3 is 2.97 bits per heavy atom. The van der Waals surface area contributed by atoms with Gasteiger partial charge in [-0.15, -0.1) is 0 Å². The van der Waals surface area contributed by atoms with Crippen LogP contribution >= 0.6 is 15.9 Å². The van der Waals surface area contributed by atoms with Gasteiger partial charge in [0.2, 0.25) is 0 Å². The van der Waals surface area contributed by atoms with Crippen LogP contribution in [-0.4, -0.2) is 54.3 Å². The van der Waals surface area contributed by atoms with E-state index in [0.29, 0.717) is 12.2 Å². The van der Waals surface area contributed by atoms with Gasteiger partial charge >= 0.3 is 0 Å². The number of rotatable bonds is 3. The molecular formula is C21H22BrN5O2. The summed E-state index contributed by atoms with van der Waals surface area (Å²) in [6.45, 7) is 4.49. The van der Waals surface area contributed by atoms with Crippen LogP contribution in [0.1, 0.15) is 15.9 Å². The van der Waals surface area contributed by atoms with E-state index in [9.17, 15) is 4.79 Å². The molecule has 5 rings (SSSR count). The third kappa shape index (κ3) is 3.58. The minimum atomic E-state index is -0.132. The molecule has 7 nitrogen and oxygen atoms in total. The number of halogens is 1. The first-order chi connectivity index (χ1) is 14.2. The molecule has 0 bridgehead atoms. The molecule has 2 aliphatic rings. The van der Waals surface area contributed by atoms with Gasteiger partial charge in [-0.25, -0.2) is 4.52 Å². The molecule has 0 spiro atoms. The minimum absolute atomic E-state index is 0.0675. The lowest BCUT2D eigenvalue weighted by atomic mass is 10.0. The molecule has 0 saturated carbocycles. The summed E-state index contributed by atoms with van der Waals surface area (Å²) in [5, 5.41) is 10.8. The maximum absolute atomic E-state index is 12.8. The number of aromatic nitrogens is 2. The molecule has 0 aliphatic carbocycles. The number of hydrogen-bond acceptors (Lipinski definition) is 5. The molecule has 29 heavy (non-hydrogen) atoms. The Hall–Kier alpha value is -2.58. The first kappa shape index (κ1) is 18.4. The van der Waals surface area contributed by atoms with Gasteiger partial charge in [0.15, 0.2) is 0 Å². The molecule has 1 aromatic carbocycles. The van der Waals surface area contributed by atoms with E-state index in [1.165, 1.54) is 5.69 Å². The fourth-order valence-corrected chi connectivity index (χ4v) is 4.42. The van der Waals surface area contributed by atoms with Crippen LogP contribution in [0.5, 0.6) is 5.75 Å². The molecule has 1 saturated heterocycles. The summed E-state index contributed by atoms with van der Waals surface area (Å²) in [6.07, 6.45) is 2.36. The summed E-state index contributed by atoms with van der Waals surface area (Å²) < 4.78 is 8.52. The van der Waals surface area contributed by atoms with Crippen LogP contribution in [0.25, 0.3) is 5.52 Å². The SMILES string of the molecule is O=C(N[C@H]1COc2cc(N3CCNCC3)ccc2C1)c1cnn2c(Br)cccc12. The van der Waals surface area contributed by atoms with Crippen molar-refractivity contribution in [1.82, 2.24) is 20.2 Å². The Bertz CT molecular complexity index is 1060. The summed E-state index contributed by atoms with van der Waals surface area (Å²) in [7, 11) is 0. The average Bonchev–Trinajstić information content (AvgIpc) is 3.20. The number of piperazine rings is 1. The second-order valence-corrected chi connectivity index (χ2v) is 8.23. The molecule has 1 fully saturated rings. The minimum Gasteiger partial charge on any atom is -0.491 e. The van der Waals surface area contributed by atoms with Crippen LogP contribution < -0.4 is 20.3 Å². The summed E-state index contributed by atoms with van der Waals surface area (Å²) >= 11 is 3.45. The van der Waals surface area contributed by atoms with Gasteiger partial charge in [0.05, 0.1) is 23.3 Å². The van der Waals surface area contributed by atoms with Crippen molar-refractivity contribution < 1.29 is 9.53 Å². The summed E-state index contributed by atoms with van der Waals surface area (Å²) in [6, 6.07) is 12.0. The van der Waals surface area contributed by atoms with Crippen LogP contribution in [0.2, 0.25) is 0 Å². The van der Waals surface area contributed by atoms with E-state index in [1.54, 1.807) is 10.7 Å². The Morgan fingerprint density at radius 1 is 1.24 bits per heavy atom. The third-order valence-corrected chi connectivity index (χ3v) is 6.12. The molecule has 4 heterocycles. The summed E-state index contributed by atoms with van der Waals surface area (Å²) in [4.78, 5) is 15.2. The lowest BCUT2D eigenvalue weighted by Crippen LogP contribution is -2.44. The molecule has 0 unspecified atom stereocenters. The van der Waals surface area contributed by atoms with Crippen molar-refractivity contribution in [3.63, 3.8) is 0 Å². The predicted molar refractivity (Wildman–Crippen MR) is 115 cm³/mol. The quantitative estimate of drug-likeness (QED) is 0.592. The van der Waals surface area contributed by atoms with E-state index in [2.05, 4.69) is 54.8 Å². The Balaban J connectivity index is 1.29. The molecule has 0 radical (unpaired) electrons. The van der Waals surface area contributed by atoms with Crippen molar-refractivity contribution in [3.05, 3.63) is 58.3 Å². The number of anilines is 1. The van der Waals surface area contributed by atoms with Crippen molar-refractivity contribution in [2.75, 3.05) is 37.7 Å². The molecule has 2 aliphatic heterocycles. The van der Waals surface area contributed by atoms with Crippen LogP contribution in [0, 0.1) is 0 Å². The third-order valence-electron chi connectivity index (χ3n) is 5.52. The molecule has 2 aromatic heterocycles. The van der Waals surface area contributed by atoms with Crippen molar-refractivity contribution >= 4 is 33.0 Å². The first-order valence-corrected chi connectivity index (χ1v) is 10.6. The van der Waals surface area contributed by atoms with E-state index in [0.717, 1.165) is 54.0 Å². The molecule has 1 atom stereocenters. The summed E-state index contributed by atoms with van der Waals surface area (Å²) in [5.41, 5.74) is 3.66. The predicted octanol–water partition coefficient (Wildman–Crippen LogP) is 2.24. The number of benzene rings is 1. The smallest absolute Gasteiger partial charge is 0.255 e. The number of nitrogens with zero attached hydrogens (tertiary/aromatic N) is 3. The van der Waals surface area contributed by atoms with Crippen LogP contribution in [0.4, 0.5) is 5.69 Å². The normalized spacial score (nSPS) is 18.9. The van der Waals surface area contributed by atoms with Gasteiger partial charge in [-0.3, -0.25) is 4.79 Å². The Labute approximate surface area is 177 Å². The molecule has 3 aromatic rings. The van der Waals surface area contributed by atoms with E-state index in [1.807, 2.05) is 18.2 Å². The number of nitrogens with one attached hydrogen (secondary N) is 2. The first-order valence-electron chi connectivity index (χ1n) is 9.83. The largest absolute Gasteiger partial charge is 0.491 e. The van der Waals surface area contributed by atoms with Gasteiger partial charge in [-0.1, -0.05) is 12.1 Å². The number of hydrogen-bond donors (Lipinski definition) is 2. The van der Waals surface area contributed by atoms with Crippen LogP contribution in [-0.2, 0) is 6.42 Å². The van der Waals surface area contributed by atoms with E-state index >= 15 is 0 Å². The summed E-state index contributed by atoms with van der Waals surface area (Å²) in [5.74, 6) is 0.791. The van der Waals surface area contributed by atoms with Crippen LogP contribution in [0.3, 0.4) is 0 Å². The highest BCUT2D eigenvalue weighted by Crippen LogP contribution is 2.30. The molecule has 150 valence electrons. The molecule has 1 amide bonds. The Kier molecular flexibility index (Phi) is 4.89. The number of carbonyl (C=O) groups excluding carboxylic acids is 1. The zero-order valence-electron chi connectivity index (χ0n) is 15.9. The molecule has 8 heteroatoms. The standard InChI is InChI=1S/C21H22BrN5O2/c22-20-3-1-2-18-17(12-24-27(18)20)21(28)25-15-10-14-4-5-16(11-19(14)29-13-15)26-8-6-23-7-9-26/h1-5,11-12,15,23H,6-10,13H2,(H,25,28)/t15-/m1/s1. The molecule has 2 N–H and O–H groups in total. The second kappa shape index (κ2) is 7.68. The van der Waals surface area contributed by atoms with Gasteiger partial charge in [0.1, 0.15) is 17.0 Å². The number of carbonyl (C=O) groups is 1. The topological polar surface area (TPSA) is 70.9 Å². The average molecular weight is 456 g/mol. The number of fused-ring (bicyclic) bond motifs is 2. The lowest BCUT2D eigenvalue weighted by molar-refractivity contribution is 0.0917. The Morgan fingerprint density at radius 2 is 2.10 bits per heavy atom. The number of pyridine rings is 1. The highest BCUT2D eigenvalue weighted by Gasteiger charge is 2.24. The van der Waals surface area contributed by atoms with E-state index < -0.39 is 0 Å². The fourth-order valence-electron chi connectivity index (χ4n) is 3.99. The van der Waals surface area contributed by atoms with Gasteiger partial charge < -0.3 is 20.3 Å². The highest BCUT2D eigenvalue weighted by atomic mass is 79.9. The maximum atomic E-state index is 12.8. The van der Waals surface area contributed by atoms with Gasteiger partial charge in [0, 0.05) is 37.9 Å². The van der Waals surface area contributed by atoms with E-state index in [-0.39, 0.29) is 11.9 Å². The van der Waals surface area contributed by atoms with Gasteiger partial charge in [-0.05, 0) is 46.1 Å². The number of ether oxygens (including phenoxy) is 1. The molecular weight excluding hydrogens is 434 g/mol.